The lowest BCUT2D eigenvalue weighted by molar-refractivity contribution is 0.0697. The summed E-state index contributed by atoms with van der Waals surface area (Å²) in [4.78, 5) is 10.8. The number of rotatable bonds is 18. The summed E-state index contributed by atoms with van der Waals surface area (Å²) in [5, 5.41) is 8.89. The first-order chi connectivity index (χ1) is 13.7. The molecule has 1 N–H and O–H groups in total. The van der Waals surface area contributed by atoms with E-state index < -0.39 is 5.97 Å². The van der Waals surface area contributed by atoms with Gasteiger partial charge in [-0.25, -0.2) is 4.79 Å². The van der Waals surface area contributed by atoms with Gasteiger partial charge in [0.25, 0.3) is 0 Å². The van der Waals surface area contributed by atoms with Gasteiger partial charge in [-0.1, -0.05) is 121 Å². The van der Waals surface area contributed by atoms with Crippen molar-refractivity contribution in [1.29, 1.82) is 0 Å². The number of unbranched alkanes of at least 4 members (excludes halogenated alkanes) is 15. The average Bonchev–Trinajstić information content (AvgIpc) is 2.70. The summed E-state index contributed by atoms with van der Waals surface area (Å²) in [6.45, 7) is 2.28. The molecule has 0 unspecified atom stereocenters. The van der Waals surface area contributed by atoms with Crippen LogP contribution >= 0.6 is 0 Å². The normalized spacial score (nSPS) is 11.3. The quantitative estimate of drug-likeness (QED) is 0.256. The zero-order valence-electron chi connectivity index (χ0n) is 18.1. The maximum absolute atomic E-state index is 10.8. The van der Waals surface area contributed by atoms with Gasteiger partial charge in [0.05, 0.1) is 5.56 Å². The van der Waals surface area contributed by atoms with E-state index in [-0.39, 0.29) is 0 Å². The second kappa shape index (κ2) is 17.5. The standard InChI is InChI=1S/C26H42O2/c1-2-3-4-5-6-7-8-9-10-11-12-13-14-15-16-17-18-19-24-20-22-25(23-21-24)26(27)28/h18-23H,2-17H2,1H3,(H,27,28)/b19-18+. The summed E-state index contributed by atoms with van der Waals surface area (Å²) >= 11 is 0. The van der Waals surface area contributed by atoms with Gasteiger partial charge in [-0.3, -0.25) is 0 Å². The van der Waals surface area contributed by atoms with Crippen molar-refractivity contribution in [3.63, 3.8) is 0 Å². The van der Waals surface area contributed by atoms with Crippen molar-refractivity contribution in [3.05, 3.63) is 41.5 Å². The Labute approximate surface area is 173 Å². The molecule has 0 aliphatic carbocycles. The molecule has 1 aromatic rings. The highest BCUT2D eigenvalue weighted by Crippen LogP contribution is 2.14. The number of hydrogen-bond donors (Lipinski definition) is 1. The van der Waals surface area contributed by atoms with Crippen LogP contribution in [-0.2, 0) is 0 Å². The van der Waals surface area contributed by atoms with E-state index in [1.807, 2.05) is 12.1 Å². The summed E-state index contributed by atoms with van der Waals surface area (Å²) in [7, 11) is 0. The third-order valence-corrected chi connectivity index (χ3v) is 5.44. The molecule has 0 bridgehead atoms. The van der Waals surface area contributed by atoms with Crippen LogP contribution in [0.1, 0.15) is 126 Å². The minimum Gasteiger partial charge on any atom is -0.478 e. The van der Waals surface area contributed by atoms with Crippen LogP contribution < -0.4 is 0 Å². The van der Waals surface area contributed by atoms with Crippen molar-refractivity contribution in [2.45, 2.75) is 110 Å². The summed E-state index contributed by atoms with van der Waals surface area (Å²) in [5.74, 6) is -0.867. The van der Waals surface area contributed by atoms with Crippen molar-refractivity contribution in [2.24, 2.45) is 0 Å². The lowest BCUT2D eigenvalue weighted by atomic mass is 10.0. The van der Waals surface area contributed by atoms with Crippen molar-refractivity contribution >= 4 is 12.0 Å². The fourth-order valence-corrected chi connectivity index (χ4v) is 3.59. The molecule has 0 atom stereocenters. The number of carbonyl (C=O) groups is 1. The van der Waals surface area contributed by atoms with Crippen molar-refractivity contribution in [1.82, 2.24) is 0 Å². The van der Waals surface area contributed by atoms with E-state index in [2.05, 4.69) is 19.1 Å². The van der Waals surface area contributed by atoms with Gasteiger partial charge in [0.2, 0.25) is 0 Å². The lowest BCUT2D eigenvalue weighted by Crippen LogP contribution is -1.94. The third-order valence-electron chi connectivity index (χ3n) is 5.44. The van der Waals surface area contributed by atoms with Gasteiger partial charge >= 0.3 is 5.97 Å². The SMILES string of the molecule is CCCCCCCCCCCCCCCCC/C=C/c1ccc(C(=O)O)cc1. The van der Waals surface area contributed by atoms with Crippen molar-refractivity contribution in [2.75, 3.05) is 0 Å². The molecule has 28 heavy (non-hydrogen) atoms. The molecule has 2 heteroatoms. The topological polar surface area (TPSA) is 37.3 Å². The second-order valence-electron chi connectivity index (χ2n) is 8.07. The number of aromatic carboxylic acids is 1. The molecule has 0 heterocycles. The van der Waals surface area contributed by atoms with E-state index in [0.29, 0.717) is 5.56 Å². The maximum atomic E-state index is 10.8. The van der Waals surface area contributed by atoms with E-state index in [0.717, 1.165) is 12.0 Å². The minimum atomic E-state index is -0.867. The monoisotopic (exact) mass is 386 g/mol. The number of hydrogen-bond acceptors (Lipinski definition) is 1. The largest absolute Gasteiger partial charge is 0.478 e. The first-order valence-corrected chi connectivity index (χ1v) is 11.7. The number of benzene rings is 1. The van der Waals surface area contributed by atoms with E-state index in [1.165, 1.54) is 96.3 Å². The number of carboxylic acids is 1. The molecule has 0 aliphatic rings. The summed E-state index contributed by atoms with van der Waals surface area (Å²) in [5.41, 5.74) is 1.42. The van der Waals surface area contributed by atoms with Crippen LogP contribution in [0.3, 0.4) is 0 Å². The van der Waals surface area contributed by atoms with Crippen molar-refractivity contribution < 1.29 is 9.90 Å². The van der Waals surface area contributed by atoms with Crippen LogP contribution in [0.2, 0.25) is 0 Å². The Hall–Kier alpha value is -1.57. The van der Waals surface area contributed by atoms with Gasteiger partial charge < -0.3 is 5.11 Å². The third kappa shape index (κ3) is 13.6. The highest BCUT2D eigenvalue weighted by Gasteiger charge is 1.99. The highest BCUT2D eigenvalue weighted by atomic mass is 16.4. The molecular weight excluding hydrogens is 344 g/mol. The van der Waals surface area contributed by atoms with Crippen LogP contribution in [0, 0.1) is 0 Å². The Morgan fingerprint density at radius 1 is 0.714 bits per heavy atom. The average molecular weight is 387 g/mol. The van der Waals surface area contributed by atoms with Gasteiger partial charge in [-0.15, -0.1) is 0 Å². The zero-order chi connectivity index (χ0) is 20.3. The first-order valence-electron chi connectivity index (χ1n) is 11.7. The van der Waals surface area contributed by atoms with Crippen LogP contribution in [0.5, 0.6) is 0 Å². The van der Waals surface area contributed by atoms with Gasteiger partial charge in [0.1, 0.15) is 0 Å². The summed E-state index contributed by atoms with van der Waals surface area (Å²) in [6.07, 6.45) is 26.4. The predicted molar refractivity (Wildman–Crippen MR) is 122 cm³/mol. The molecule has 0 saturated carbocycles. The molecule has 1 aromatic carbocycles. The fourth-order valence-electron chi connectivity index (χ4n) is 3.59. The van der Waals surface area contributed by atoms with Crippen molar-refractivity contribution in [3.8, 4) is 0 Å². The molecule has 158 valence electrons. The first kappa shape index (κ1) is 24.5. The minimum absolute atomic E-state index is 0.347. The molecule has 0 spiro atoms. The molecule has 0 fully saturated rings. The lowest BCUT2D eigenvalue weighted by Gasteiger charge is -2.03. The van der Waals surface area contributed by atoms with Gasteiger partial charge in [-0.2, -0.15) is 0 Å². The predicted octanol–water partition coefficient (Wildman–Crippen LogP) is 8.66. The molecule has 0 aromatic heterocycles. The Bertz CT molecular complexity index is 516. The van der Waals surface area contributed by atoms with Gasteiger partial charge in [0, 0.05) is 0 Å². The van der Waals surface area contributed by atoms with E-state index in [4.69, 9.17) is 5.11 Å². The molecular formula is C26H42O2. The Kier molecular flexibility index (Phi) is 15.3. The summed E-state index contributed by atoms with van der Waals surface area (Å²) < 4.78 is 0. The Morgan fingerprint density at radius 3 is 1.57 bits per heavy atom. The number of allylic oxidation sites excluding steroid dienone is 1. The smallest absolute Gasteiger partial charge is 0.335 e. The zero-order valence-corrected chi connectivity index (χ0v) is 18.1. The van der Waals surface area contributed by atoms with E-state index in [1.54, 1.807) is 12.1 Å². The maximum Gasteiger partial charge on any atom is 0.335 e. The van der Waals surface area contributed by atoms with E-state index in [9.17, 15) is 4.79 Å². The molecule has 0 amide bonds. The molecule has 2 nitrogen and oxygen atoms in total. The highest BCUT2D eigenvalue weighted by molar-refractivity contribution is 5.87. The number of carboxylic acid groups (broad SMARTS) is 1. The Morgan fingerprint density at radius 2 is 1.14 bits per heavy atom. The molecule has 0 aliphatic heterocycles. The second-order valence-corrected chi connectivity index (χ2v) is 8.07. The molecule has 1 rings (SSSR count). The van der Waals surface area contributed by atoms with Crippen LogP contribution in [-0.4, -0.2) is 11.1 Å². The molecule has 0 radical (unpaired) electrons. The molecule has 0 saturated heterocycles. The van der Waals surface area contributed by atoms with Gasteiger partial charge in [-0.05, 0) is 30.5 Å². The van der Waals surface area contributed by atoms with E-state index >= 15 is 0 Å². The summed E-state index contributed by atoms with van der Waals surface area (Å²) in [6, 6.07) is 7.06. The Balaban J connectivity index is 1.84. The van der Waals surface area contributed by atoms with Gasteiger partial charge in [0.15, 0.2) is 0 Å². The fraction of sp³-hybridized carbons (Fsp3) is 0.654. The van der Waals surface area contributed by atoms with Crippen LogP contribution in [0.25, 0.3) is 6.08 Å². The van der Waals surface area contributed by atoms with Crippen LogP contribution in [0.4, 0.5) is 0 Å². The van der Waals surface area contributed by atoms with Crippen LogP contribution in [0.15, 0.2) is 30.3 Å².